The minimum Gasteiger partial charge on any atom is -0.322 e. The Morgan fingerprint density at radius 2 is 1.62 bits per heavy atom. The van der Waals surface area contributed by atoms with Crippen molar-refractivity contribution < 1.29 is 4.79 Å². The highest BCUT2D eigenvalue weighted by Gasteiger charge is 2.18. The molecule has 0 spiro atoms. The first-order chi connectivity index (χ1) is 15.6. The molecule has 32 heavy (non-hydrogen) atoms. The Morgan fingerprint density at radius 3 is 2.38 bits per heavy atom. The molecular formula is C25H19N5O2. The van der Waals surface area contributed by atoms with Crippen LogP contribution < -0.4 is 16.4 Å². The number of rotatable bonds is 4. The molecule has 1 amide bonds. The average molecular weight is 421 g/mol. The summed E-state index contributed by atoms with van der Waals surface area (Å²) < 4.78 is 3.05. The van der Waals surface area contributed by atoms with Crippen LogP contribution in [-0.4, -0.2) is 19.9 Å². The zero-order valence-corrected chi connectivity index (χ0v) is 17.0. The smallest absolute Gasteiger partial charge is 0.267 e. The Morgan fingerprint density at radius 1 is 0.938 bits per heavy atom. The molecule has 0 aliphatic rings. The van der Waals surface area contributed by atoms with Crippen LogP contribution >= 0.6 is 0 Å². The fourth-order valence-electron chi connectivity index (χ4n) is 3.70. The Bertz CT molecular complexity index is 1570. The fourth-order valence-corrected chi connectivity index (χ4v) is 3.70. The lowest BCUT2D eigenvalue weighted by Crippen LogP contribution is -2.32. The van der Waals surface area contributed by atoms with Crippen LogP contribution in [0.25, 0.3) is 16.7 Å². The summed E-state index contributed by atoms with van der Waals surface area (Å²) in [6, 6.07) is 25.4. The van der Waals surface area contributed by atoms with Crippen LogP contribution in [0.3, 0.4) is 0 Å². The predicted octanol–water partition coefficient (Wildman–Crippen LogP) is 3.43. The second-order valence-electron chi connectivity index (χ2n) is 7.38. The first kappa shape index (κ1) is 19.4. The molecule has 2 N–H and O–H groups in total. The number of nitrogens with zero attached hydrogens (tertiary/aromatic N) is 3. The first-order valence-electron chi connectivity index (χ1n) is 10.1. The molecular weight excluding hydrogens is 402 g/mol. The van der Waals surface area contributed by atoms with Gasteiger partial charge in [0.2, 0.25) is 0 Å². The molecule has 5 rings (SSSR count). The molecule has 3 heterocycles. The summed E-state index contributed by atoms with van der Waals surface area (Å²) in [5.74, 6) is -0.456. The Labute approximate surface area is 182 Å². The summed E-state index contributed by atoms with van der Waals surface area (Å²) in [5, 5.41) is 11.9. The Hall–Kier alpha value is -4.52. The minimum absolute atomic E-state index is 0.0121. The van der Waals surface area contributed by atoms with E-state index in [1.165, 1.54) is 10.5 Å². The van der Waals surface area contributed by atoms with E-state index in [0.717, 1.165) is 5.56 Å². The van der Waals surface area contributed by atoms with E-state index >= 15 is 0 Å². The molecule has 3 aromatic heterocycles. The molecule has 7 heteroatoms. The van der Waals surface area contributed by atoms with E-state index in [0.29, 0.717) is 23.5 Å². The maximum absolute atomic E-state index is 13.3. The van der Waals surface area contributed by atoms with Crippen LogP contribution in [-0.2, 0) is 6.54 Å². The number of amides is 1. The van der Waals surface area contributed by atoms with E-state index < -0.39 is 5.91 Å². The van der Waals surface area contributed by atoms with Gasteiger partial charge >= 0.3 is 0 Å². The van der Waals surface area contributed by atoms with Crippen LogP contribution in [0.4, 0.5) is 5.69 Å². The Kier molecular flexibility index (Phi) is 4.84. The molecule has 0 aliphatic heterocycles. The molecule has 0 radical (unpaired) electrons. The molecule has 0 aliphatic carbocycles. The molecule has 2 aromatic carbocycles. The highest BCUT2D eigenvalue weighted by molar-refractivity contribution is 6.05. The summed E-state index contributed by atoms with van der Waals surface area (Å²) in [7, 11) is 0. The topological polar surface area (TPSA) is 92.2 Å². The monoisotopic (exact) mass is 421 g/mol. The van der Waals surface area contributed by atoms with Crippen molar-refractivity contribution >= 4 is 28.3 Å². The summed E-state index contributed by atoms with van der Waals surface area (Å²) in [5.41, 5.74) is 2.19. The minimum atomic E-state index is -0.456. The summed E-state index contributed by atoms with van der Waals surface area (Å²) >= 11 is 0. The van der Waals surface area contributed by atoms with Gasteiger partial charge in [-0.1, -0.05) is 54.6 Å². The van der Waals surface area contributed by atoms with E-state index in [1.54, 1.807) is 41.1 Å². The van der Waals surface area contributed by atoms with E-state index in [4.69, 9.17) is 5.41 Å². The van der Waals surface area contributed by atoms with Crippen molar-refractivity contribution in [2.75, 3.05) is 5.32 Å². The van der Waals surface area contributed by atoms with E-state index in [9.17, 15) is 9.59 Å². The average Bonchev–Trinajstić information content (AvgIpc) is 2.82. The number of pyridine rings is 2. The number of hydrogen-bond acceptors (Lipinski definition) is 4. The largest absolute Gasteiger partial charge is 0.322 e. The highest BCUT2D eigenvalue weighted by Crippen LogP contribution is 2.14. The van der Waals surface area contributed by atoms with Gasteiger partial charge in [0.05, 0.1) is 17.5 Å². The zero-order chi connectivity index (χ0) is 22.1. The van der Waals surface area contributed by atoms with Gasteiger partial charge in [-0.15, -0.1) is 0 Å². The van der Waals surface area contributed by atoms with Gasteiger partial charge in [-0.2, -0.15) is 0 Å². The van der Waals surface area contributed by atoms with Crippen molar-refractivity contribution in [2.45, 2.75) is 6.54 Å². The van der Waals surface area contributed by atoms with Crippen LogP contribution in [0.5, 0.6) is 0 Å². The van der Waals surface area contributed by atoms with Gasteiger partial charge in [0.15, 0.2) is 0 Å². The van der Waals surface area contributed by atoms with E-state index in [-0.39, 0.29) is 22.0 Å². The molecule has 0 fully saturated rings. The van der Waals surface area contributed by atoms with Crippen molar-refractivity contribution in [1.82, 2.24) is 14.0 Å². The van der Waals surface area contributed by atoms with Crippen molar-refractivity contribution in [3.8, 4) is 0 Å². The standard InChI is InChI=1S/C25H19N5O2/c26-22-19(24(31)27-18-11-5-2-6-12-18)15-20-23(30(22)16-17-9-3-1-4-10-17)28-21-13-7-8-14-29(21)25(20)32/h1-15,26H,16H2,(H,27,31). The van der Waals surface area contributed by atoms with Crippen LogP contribution in [0.2, 0.25) is 0 Å². The highest BCUT2D eigenvalue weighted by atomic mass is 16.1. The number of carbonyl (C=O) groups is 1. The third kappa shape index (κ3) is 3.45. The normalized spacial score (nSPS) is 11.0. The number of para-hydroxylation sites is 1. The molecule has 0 saturated carbocycles. The maximum Gasteiger partial charge on any atom is 0.267 e. The Balaban J connectivity index is 1.76. The second-order valence-corrected chi connectivity index (χ2v) is 7.38. The molecule has 7 nitrogen and oxygen atoms in total. The van der Waals surface area contributed by atoms with Gasteiger partial charge in [-0.3, -0.25) is 19.4 Å². The van der Waals surface area contributed by atoms with Crippen LogP contribution in [0, 0.1) is 5.41 Å². The molecule has 5 aromatic rings. The van der Waals surface area contributed by atoms with Gasteiger partial charge in [0, 0.05) is 11.9 Å². The molecule has 156 valence electrons. The number of carbonyl (C=O) groups excluding carboxylic acids is 1. The number of benzene rings is 2. The molecule has 0 saturated heterocycles. The van der Waals surface area contributed by atoms with Crippen LogP contribution in [0.15, 0.2) is 95.9 Å². The van der Waals surface area contributed by atoms with Crippen molar-refractivity contribution in [3.63, 3.8) is 0 Å². The second kappa shape index (κ2) is 7.96. The van der Waals surface area contributed by atoms with Crippen molar-refractivity contribution in [1.29, 1.82) is 5.41 Å². The SMILES string of the molecule is N=c1c(C(=O)Nc2ccccc2)cc2c(=O)n3ccccc3nc2n1Cc1ccccc1. The van der Waals surface area contributed by atoms with Gasteiger partial charge in [-0.25, -0.2) is 4.98 Å². The van der Waals surface area contributed by atoms with Gasteiger partial charge in [-0.05, 0) is 35.9 Å². The number of fused-ring (bicyclic) bond motifs is 2. The van der Waals surface area contributed by atoms with E-state index in [1.807, 2.05) is 48.5 Å². The van der Waals surface area contributed by atoms with Gasteiger partial charge < -0.3 is 9.88 Å². The summed E-state index contributed by atoms with van der Waals surface area (Å²) in [6.45, 7) is 0.304. The number of aromatic nitrogens is 3. The van der Waals surface area contributed by atoms with Crippen LogP contribution in [0.1, 0.15) is 15.9 Å². The predicted molar refractivity (Wildman–Crippen MR) is 123 cm³/mol. The third-order valence-electron chi connectivity index (χ3n) is 5.28. The number of hydrogen-bond donors (Lipinski definition) is 2. The van der Waals surface area contributed by atoms with E-state index in [2.05, 4.69) is 10.3 Å². The molecule has 0 bridgehead atoms. The fraction of sp³-hybridized carbons (Fsp3) is 0.0400. The molecule has 0 unspecified atom stereocenters. The maximum atomic E-state index is 13.3. The lowest BCUT2D eigenvalue weighted by atomic mass is 10.1. The van der Waals surface area contributed by atoms with Gasteiger partial charge in [0.1, 0.15) is 16.8 Å². The lowest BCUT2D eigenvalue weighted by molar-refractivity contribution is 0.102. The quantitative estimate of drug-likeness (QED) is 0.436. The number of anilines is 1. The lowest BCUT2D eigenvalue weighted by Gasteiger charge is -2.15. The van der Waals surface area contributed by atoms with Gasteiger partial charge in [0.25, 0.3) is 11.5 Å². The zero-order valence-electron chi connectivity index (χ0n) is 17.0. The summed E-state index contributed by atoms with van der Waals surface area (Å²) in [4.78, 5) is 31.0. The van der Waals surface area contributed by atoms with Crippen molar-refractivity contribution in [2.24, 2.45) is 0 Å². The number of nitrogens with one attached hydrogen (secondary N) is 2. The molecule has 0 atom stereocenters. The third-order valence-corrected chi connectivity index (χ3v) is 5.28. The summed E-state index contributed by atoms with van der Waals surface area (Å²) in [6.07, 6.45) is 1.64. The first-order valence-corrected chi connectivity index (χ1v) is 10.1. The van der Waals surface area contributed by atoms with Crippen molar-refractivity contribution in [3.05, 3.63) is 118 Å².